The number of aromatic nitrogens is 1. The van der Waals surface area contributed by atoms with E-state index < -0.39 is 0 Å². The molecule has 29 heavy (non-hydrogen) atoms. The van der Waals surface area contributed by atoms with Crippen molar-refractivity contribution < 1.29 is 9.18 Å². The maximum atomic E-state index is 13.8. The highest BCUT2D eigenvalue weighted by atomic mass is 35.5. The van der Waals surface area contributed by atoms with Gasteiger partial charge in [-0.2, -0.15) is 0 Å². The van der Waals surface area contributed by atoms with Gasteiger partial charge in [-0.1, -0.05) is 30.3 Å². The lowest BCUT2D eigenvalue weighted by atomic mass is 10.0. The van der Waals surface area contributed by atoms with E-state index in [1.54, 1.807) is 6.07 Å². The largest absolute Gasteiger partial charge is 0.337 e. The molecule has 154 valence electrons. The predicted octanol–water partition coefficient (Wildman–Crippen LogP) is 4.71. The molecule has 4 rings (SSSR count). The van der Waals surface area contributed by atoms with Gasteiger partial charge in [-0.05, 0) is 38.1 Å². The van der Waals surface area contributed by atoms with Crippen LogP contribution in [0, 0.1) is 5.82 Å². The van der Waals surface area contributed by atoms with Crippen LogP contribution in [0.15, 0.2) is 54.6 Å². The number of carbonyl (C=O) groups excluding carboxylic acids is 1. The summed E-state index contributed by atoms with van der Waals surface area (Å²) in [6.45, 7) is 1.42. The first-order valence-electron chi connectivity index (χ1n) is 9.28. The molecule has 0 bridgehead atoms. The monoisotopic (exact) mass is 435 g/mol. The summed E-state index contributed by atoms with van der Waals surface area (Å²) in [4.78, 5) is 19.8. The number of nitrogens with zero attached hydrogens (tertiary/aromatic N) is 2. The van der Waals surface area contributed by atoms with Gasteiger partial charge in [0.25, 0.3) is 5.91 Å². The first-order valence-corrected chi connectivity index (χ1v) is 9.28. The highest BCUT2D eigenvalue weighted by molar-refractivity contribution is 6.07. The van der Waals surface area contributed by atoms with Crippen molar-refractivity contribution in [3.8, 4) is 11.3 Å². The van der Waals surface area contributed by atoms with Crippen LogP contribution >= 0.6 is 24.8 Å². The fourth-order valence-corrected chi connectivity index (χ4v) is 3.70. The number of fused-ring (bicyclic) bond motifs is 1. The number of halogens is 3. The molecule has 1 aromatic heterocycles. The topological polar surface area (TPSA) is 45.2 Å². The molecule has 1 aliphatic heterocycles. The second-order valence-corrected chi connectivity index (χ2v) is 6.96. The summed E-state index contributed by atoms with van der Waals surface area (Å²) in [5.41, 5.74) is 2.67. The number of carbonyl (C=O) groups is 1. The van der Waals surface area contributed by atoms with Gasteiger partial charge in [0.05, 0.1) is 16.8 Å². The van der Waals surface area contributed by atoms with Crippen LogP contribution < -0.4 is 5.32 Å². The van der Waals surface area contributed by atoms with Gasteiger partial charge in [0.1, 0.15) is 5.82 Å². The molecule has 3 aromatic rings. The van der Waals surface area contributed by atoms with Crippen molar-refractivity contribution in [2.24, 2.45) is 0 Å². The molecule has 0 aliphatic carbocycles. The maximum absolute atomic E-state index is 13.8. The molecule has 1 fully saturated rings. The molecular weight excluding hydrogens is 412 g/mol. The van der Waals surface area contributed by atoms with Gasteiger partial charge in [0.15, 0.2) is 0 Å². The molecule has 0 saturated carbocycles. The molecule has 1 saturated heterocycles. The SMILES string of the molecule is CNC1CCCN(C(=O)c2cc(-c3ccccc3)nc3cc(F)ccc23)C1.Cl.Cl. The third-order valence-corrected chi connectivity index (χ3v) is 5.19. The Hall–Kier alpha value is -2.21. The van der Waals surface area contributed by atoms with E-state index >= 15 is 0 Å². The molecule has 0 radical (unpaired) electrons. The van der Waals surface area contributed by atoms with E-state index in [4.69, 9.17) is 0 Å². The average Bonchev–Trinajstić information content (AvgIpc) is 2.72. The number of hydrogen-bond acceptors (Lipinski definition) is 3. The molecule has 7 heteroatoms. The van der Waals surface area contributed by atoms with Crippen molar-refractivity contribution in [2.45, 2.75) is 18.9 Å². The van der Waals surface area contributed by atoms with Crippen molar-refractivity contribution >= 4 is 41.6 Å². The van der Waals surface area contributed by atoms with E-state index in [2.05, 4.69) is 10.3 Å². The molecule has 0 spiro atoms. The molecule has 4 nitrogen and oxygen atoms in total. The predicted molar refractivity (Wildman–Crippen MR) is 120 cm³/mol. The van der Waals surface area contributed by atoms with Crippen molar-refractivity contribution in [1.82, 2.24) is 15.2 Å². The summed E-state index contributed by atoms with van der Waals surface area (Å²) in [6.07, 6.45) is 2.04. The van der Waals surface area contributed by atoms with Gasteiger partial charge in [-0.25, -0.2) is 9.37 Å². The highest BCUT2D eigenvalue weighted by Crippen LogP contribution is 2.27. The Kier molecular flexibility index (Phi) is 7.96. The quantitative estimate of drug-likeness (QED) is 0.647. The number of benzene rings is 2. The lowest BCUT2D eigenvalue weighted by Gasteiger charge is -2.33. The van der Waals surface area contributed by atoms with Crippen LogP contribution in [-0.4, -0.2) is 42.0 Å². The Morgan fingerprint density at radius 1 is 1.14 bits per heavy atom. The van der Waals surface area contributed by atoms with Crippen LogP contribution in [0.1, 0.15) is 23.2 Å². The van der Waals surface area contributed by atoms with Crippen LogP contribution in [0.3, 0.4) is 0 Å². The van der Waals surface area contributed by atoms with Crippen molar-refractivity contribution in [2.75, 3.05) is 20.1 Å². The molecule has 1 unspecified atom stereocenters. The minimum atomic E-state index is -0.355. The van der Waals surface area contributed by atoms with Crippen LogP contribution in [0.25, 0.3) is 22.2 Å². The first-order chi connectivity index (χ1) is 13.2. The smallest absolute Gasteiger partial charge is 0.254 e. The van der Waals surface area contributed by atoms with Gasteiger partial charge in [0.2, 0.25) is 0 Å². The van der Waals surface area contributed by atoms with Gasteiger partial charge in [0, 0.05) is 36.1 Å². The summed E-state index contributed by atoms with van der Waals surface area (Å²) in [5.74, 6) is -0.377. The van der Waals surface area contributed by atoms with Crippen LogP contribution in [0.5, 0.6) is 0 Å². The Bertz CT molecular complexity index is 984. The van der Waals surface area contributed by atoms with E-state index in [0.717, 1.165) is 24.9 Å². The number of amides is 1. The Morgan fingerprint density at radius 3 is 2.62 bits per heavy atom. The molecule has 2 heterocycles. The van der Waals surface area contributed by atoms with E-state index in [1.165, 1.54) is 12.1 Å². The lowest BCUT2D eigenvalue weighted by molar-refractivity contribution is 0.0700. The molecule has 2 aromatic carbocycles. The van der Waals surface area contributed by atoms with Gasteiger partial charge >= 0.3 is 0 Å². The number of rotatable bonds is 3. The molecule has 1 amide bonds. The number of likely N-dealkylation sites (N-methyl/N-ethyl adjacent to an activating group) is 1. The fraction of sp³-hybridized carbons (Fsp3) is 0.273. The minimum absolute atomic E-state index is 0. The van der Waals surface area contributed by atoms with Crippen molar-refractivity contribution in [1.29, 1.82) is 0 Å². The van der Waals surface area contributed by atoms with E-state index in [1.807, 2.05) is 48.3 Å². The summed E-state index contributed by atoms with van der Waals surface area (Å²) < 4.78 is 13.8. The Morgan fingerprint density at radius 2 is 1.90 bits per heavy atom. The van der Waals surface area contributed by atoms with E-state index in [0.29, 0.717) is 34.7 Å². The van der Waals surface area contributed by atoms with Crippen molar-refractivity contribution in [3.05, 3.63) is 66.0 Å². The number of likely N-dealkylation sites (tertiary alicyclic amines) is 1. The van der Waals surface area contributed by atoms with E-state index in [-0.39, 0.29) is 36.5 Å². The Balaban J connectivity index is 0.00000150. The van der Waals surface area contributed by atoms with Crippen LogP contribution in [0.2, 0.25) is 0 Å². The Labute approximate surface area is 182 Å². The number of hydrogen-bond donors (Lipinski definition) is 1. The zero-order valence-electron chi connectivity index (χ0n) is 16.1. The van der Waals surface area contributed by atoms with Crippen LogP contribution in [-0.2, 0) is 0 Å². The normalized spacial score (nSPS) is 16.1. The minimum Gasteiger partial charge on any atom is -0.337 e. The molecule has 1 N–H and O–H groups in total. The summed E-state index contributed by atoms with van der Waals surface area (Å²) >= 11 is 0. The first kappa shape index (κ1) is 23.1. The molecule has 1 aliphatic rings. The second kappa shape index (κ2) is 10.0. The van der Waals surface area contributed by atoms with Crippen molar-refractivity contribution in [3.63, 3.8) is 0 Å². The summed E-state index contributed by atoms with van der Waals surface area (Å²) in [5, 5.41) is 3.95. The number of pyridine rings is 1. The molecular formula is C22H24Cl2FN3O. The third-order valence-electron chi connectivity index (χ3n) is 5.19. The average molecular weight is 436 g/mol. The zero-order valence-corrected chi connectivity index (χ0v) is 17.7. The number of nitrogens with one attached hydrogen (secondary N) is 1. The number of piperidine rings is 1. The van der Waals surface area contributed by atoms with Crippen LogP contribution in [0.4, 0.5) is 4.39 Å². The van der Waals surface area contributed by atoms with Gasteiger partial charge in [-0.3, -0.25) is 4.79 Å². The summed E-state index contributed by atoms with van der Waals surface area (Å²) in [6, 6.07) is 16.2. The lowest BCUT2D eigenvalue weighted by Crippen LogP contribution is -2.47. The maximum Gasteiger partial charge on any atom is 0.254 e. The van der Waals surface area contributed by atoms with E-state index in [9.17, 15) is 9.18 Å². The zero-order chi connectivity index (χ0) is 18.8. The highest BCUT2D eigenvalue weighted by Gasteiger charge is 2.25. The molecule has 1 atom stereocenters. The summed E-state index contributed by atoms with van der Waals surface area (Å²) in [7, 11) is 1.93. The van der Waals surface area contributed by atoms with Gasteiger partial charge in [-0.15, -0.1) is 24.8 Å². The van der Waals surface area contributed by atoms with Gasteiger partial charge < -0.3 is 10.2 Å². The third kappa shape index (κ3) is 4.86. The second-order valence-electron chi connectivity index (χ2n) is 6.96. The standard InChI is InChI=1S/C22H22FN3O.2ClH/c1-24-17-8-5-11-26(14-17)22(27)19-13-20(15-6-3-2-4-7-15)25-21-12-16(23)9-10-18(19)21;;/h2-4,6-7,9-10,12-13,17,24H,5,8,11,14H2,1H3;2*1H. The fourth-order valence-electron chi connectivity index (χ4n) is 3.70.